The van der Waals surface area contributed by atoms with Gasteiger partial charge in [-0.25, -0.2) is 13.8 Å². The molecule has 0 saturated heterocycles. The van der Waals surface area contributed by atoms with Gasteiger partial charge in [0.1, 0.15) is 16.2 Å². The highest BCUT2D eigenvalue weighted by molar-refractivity contribution is 9.10. The van der Waals surface area contributed by atoms with Crippen molar-refractivity contribution < 1.29 is 13.6 Å². The summed E-state index contributed by atoms with van der Waals surface area (Å²) < 4.78 is 26.9. The molecule has 98 valence electrons. The normalized spacial score (nSPS) is 10.3. The van der Waals surface area contributed by atoms with Gasteiger partial charge in [0.05, 0.1) is 16.9 Å². The summed E-state index contributed by atoms with van der Waals surface area (Å²) >= 11 is 3.14. The molecule has 0 spiro atoms. The zero-order chi connectivity index (χ0) is 14.0. The standard InChI is InChI=1S/C12H8BrF2N3O/c13-11-10(2-1-3-17-11)18-12(19)6-4-9(16)8(15)5-7(6)14/h1-5H,16H2,(H,18,19). The maximum Gasteiger partial charge on any atom is 0.258 e. The molecule has 1 amide bonds. The first-order valence-electron chi connectivity index (χ1n) is 5.15. The largest absolute Gasteiger partial charge is 0.396 e. The third-order valence-electron chi connectivity index (χ3n) is 2.34. The third-order valence-corrected chi connectivity index (χ3v) is 2.97. The number of rotatable bonds is 2. The smallest absolute Gasteiger partial charge is 0.258 e. The number of amides is 1. The molecule has 1 aromatic carbocycles. The van der Waals surface area contributed by atoms with E-state index in [1.165, 1.54) is 6.20 Å². The number of pyridine rings is 1. The molecule has 7 heteroatoms. The van der Waals surface area contributed by atoms with Crippen LogP contribution in [0.1, 0.15) is 10.4 Å². The minimum atomic E-state index is -0.982. The molecule has 0 saturated carbocycles. The molecule has 1 aromatic heterocycles. The number of nitrogens with one attached hydrogen (secondary N) is 1. The fraction of sp³-hybridized carbons (Fsp3) is 0. The monoisotopic (exact) mass is 327 g/mol. The molecule has 3 N–H and O–H groups in total. The molecule has 0 aliphatic heterocycles. The topological polar surface area (TPSA) is 68.0 Å². The Morgan fingerprint density at radius 1 is 1.32 bits per heavy atom. The Balaban J connectivity index is 2.31. The summed E-state index contributed by atoms with van der Waals surface area (Å²) in [5.41, 5.74) is 5.04. The molecule has 0 aliphatic rings. The van der Waals surface area contributed by atoms with Crippen LogP contribution in [0.2, 0.25) is 0 Å². The Morgan fingerprint density at radius 2 is 2.05 bits per heavy atom. The van der Waals surface area contributed by atoms with Crippen LogP contribution in [0, 0.1) is 11.6 Å². The van der Waals surface area contributed by atoms with Crippen LogP contribution in [0.5, 0.6) is 0 Å². The van der Waals surface area contributed by atoms with Gasteiger partial charge in [-0.05, 0) is 34.1 Å². The van der Waals surface area contributed by atoms with Crippen molar-refractivity contribution >= 4 is 33.2 Å². The minimum absolute atomic E-state index is 0.295. The van der Waals surface area contributed by atoms with E-state index in [1.54, 1.807) is 12.1 Å². The van der Waals surface area contributed by atoms with Crippen LogP contribution in [-0.4, -0.2) is 10.9 Å². The van der Waals surface area contributed by atoms with Crippen LogP contribution in [0.4, 0.5) is 20.2 Å². The highest BCUT2D eigenvalue weighted by atomic mass is 79.9. The Kier molecular flexibility index (Phi) is 3.75. The summed E-state index contributed by atoms with van der Waals surface area (Å²) in [6.45, 7) is 0. The highest BCUT2D eigenvalue weighted by Gasteiger charge is 2.16. The number of carbonyl (C=O) groups is 1. The second-order valence-electron chi connectivity index (χ2n) is 3.65. The van der Waals surface area contributed by atoms with Gasteiger partial charge in [-0.1, -0.05) is 0 Å². The Labute approximate surface area is 115 Å². The quantitative estimate of drug-likeness (QED) is 0.658. The summed E-state index contributed by atoms with van der Waals surface area (Å²) in [6, 6.07) is 4.71. The van der Waals surface area contributed by atoms with E-state index in [-0.39, 0.29) is 11.3 Å². The highest BCUT2D eigenvalue weighted by Crippen LogP contribution is 2.21. The maximum absolute atomic E-state index is 13.5. The number of anilines is 2. The first kappa shape index (κ1) is 13.4. The van der Waals surface area contributed by atoms with Gasteiger partial charge in [-0.2, -0.15) is 0 Å². The average molecular weight is 328 g/mol. The lowest BCUT2D eigenvalue weighted by Gasteiger charge is -2.08. The Morgan fingerprint density at radius 3 is 2.74 bits per heavy atom. The molecule has 0 unspecified atom stereocenters. The molecule has 4 nitrogen and oxygen atoms in total. The van der Waals surface area contributed by atoms with Crippen molar-refractivity contribution in [3.05, 3.63) is 52.3 Å². The molecule has 0 aliphatic carbocycles. The molecule has 0 bridgehead atoms. The van der Waals surface area contributed by atoms with Crippen LogP contribution < -0.4 is 11.1 Å². The van der Waals surface area contributed by atoms with Crippen LogP contribution >= 0.6 is 15.9 Å². The SMILES string of the molecule is Nc1cc(C(=O)Nc2cccnc2Br)c(F)cc1F. The van der Waals surface area contributed by atoms with Crippen LogP contribution in [0.3, 0.4) is 0 Å². The number of nitrogen functional groups attached to an aromatic ring is 1. The van der Waals surface area contributed by atoms with E-state index >= 15 is 0 Å². The lowest BCUT2D eigenvalue weighted by atomic mass is 10.1. The Bertz CT molecular complexity index is 649. The van der Waals surface area contributed by atoms with E-state index in [0.717, 1.165) is 6.07 Å². The predicted molar refractivity (Wildman–Crippen MR) is 70.7 cm³/mol. The van der Waals surface area contributed by atoms with E-state index in [0.29, 0.717) is 16.4 Å². The van der Waals surface area contributed by atoms with Crippen LogP contribution in [0.25, 0.3) is 0 Å². The van der Waals surface area contributed by atoms with Gasteiger partial charge in [-0.15, -0.1) is 0 Å². The number of nitrogens with two attached hydrogens (primary N) is 1. The average Bonchev–Trinajstić information content (AvgIpc) is 2.36. The summed E-state index contributed by atoms with van der Waals surface area (Å²) in [7, 11) is 0. The lowest BCUT2D eigenvalue weighted by molar-refractivity contribution is 0.102. The minimum Gasteiger partial charge on any atom is -0.396 e. The van der Waals surface area contributed by atoms with Gasteiger partial charge in [0, 0.05) is 12.3 Å². The zero-order valence-corrected chi connectivity index (χ0v) is 11.0. The second kappa shape index (κ2) is 5.31. The maximum atomic E-state index is 13.5. The lowest BCUT2D eigenvalue weighted by Crippen LogP contribution is -2.15. The molecule has 2 aromatic rings. The number of hydrogen-bond acceptors (Lipinski definition) is 3. The van der Waals surface area contributed by atoms with E-state index < -0.39 is 17.5 Å². The van der Waals surface area contributed by atoms with Gasteiger partial charge in [0.15, 0.2) is 0 Å². The van der Waals surface area contributed by atoms with Crippen molar-refractivity contribution in [3.8, 4) is 0 Å². The number of hydrogen-bond donors (Lipinski definition) is 2. The number of benzene rings is 1. The van der Waals surface area contributed by atoms with Crippen LogP contribution in [-0.2, 0) is 0 Å². The van der Waals surface area contributed by atoms with Gasteiger partial charge in [-0.3, -0.25) is 4.79 Å². The molecular formula is C12H8BrF2N3O. The van der Waals surface area contributed by atoms with Crippen molar-refractivity contribution in [3.63, 3.8) is 0 Å². The second-order valence-corrected chi connectivity index (χ2v) is 4.40. The third kappa shape index (κ3) is 2.87. The number of nitrogens with zero attached hydrogens (tertiary/aromatic N) is 1. The molecule has 2 rings (SSSR count). The van der Waals surface area contributed by atoms with Gasteiger partial charge < -0.3 is 11.1 Å². The van der Waals surface area contributed by atoms with E-state index in [4.69, 9.17) is 5.73 Å². The van der Waals surface area contributed by atoms with Gasteiger partial charge in [0.2, 0.25) is 0 Å². The molecule has 0 atom stereocenters. The first-order valence-corrected chi connectivity index (χ1v) is 5.94. The molecule has 19 heavy (non-hydrogen) atoms. The van der Waals surface area contributed by atoms with Crippen molar-refractivity contribution in [2.45, 2.75) is 0 Å². The number of carbonyl (C=O) groups excluding carboxylic acids is 1. The molecule has 0 fully saturated rings. The summed E-state index contributed by atoms with van der Waals surface area (Å²) in [5.74, 6) is -2.63. The zero-order valence-electron chi connectivity index (χ0n) is 9.45. The van der Waals surface area contributed by atoms with Gasteiger partial charge in [0.25, 0.3) is 5.91 Å². The van der Waals surface area contributed by atoms with Crippen molar-refractivity contribution in [2.24, 2.45) is 0 Å². The van der Waals surface area contributed by atoms with E-state index in [2.05, 4.69) is 26.2 Å². The fourth-order valence-electron chi connectivity index (χ4n) is 1.41. The van der Waals surface area contributed by atoms with Crippen LogP contribution in [0.15, 0.2) is 35.1 Å². The summed E-state index contributed by atoms with van der Waals surface area (Å²) in [5, 5.41) is 2.45. The Hall–Kier alpha value is -2.02. The number of halogens is 3. The predicted octanol–water partition coefficient (Wildman–Crippen LogP) is 2.96. The molecule has 1 heterocycles. The van der Waals surface area contributed by atoms with E-state index in [1.807, 2.05) is 0 Å². The van der Waals surface area contributed by atoms with E-state index in [9.17, 15) is 13.6 Å². The molecule has 0 radical (unpaired) electrons. The van der Waals surface area contributed by atoms with Gasteiger partial charge >= 0.3 is 0 Å². The first-order chi connectivity index (χ1) is 8.99. The molecular weight excluding hydrogens is 320 g/mol. The fourth-order valence-corrected chi connectivity index (χ4v) is 1.76. The van der Waals surface area contributed by atoms with Crippen molar-refractivity contribution in [1.29, 1.82) is 0 Å². The van der Waals surface area contributed by atoms with Crippen molar-refractivity contribution in [2.75, 3.05) is 11.1 Å². The number of aromatic nitrogens is 1. The summed E-state index contributed by atoms with van der Waals surface area (Å²) in [4.78, 5) is 15.8. The summed E-state index contributed by atoms with van der Waals surface area (Å²) in [6.07, 6.45) is 1.52. The van der Waals surface area contributed by atoms with Crippen molar-refractivity contribution in [1.82, 2.24) is 4.98 Å².